The van der Waals surface area contributed by atoms with Crippen molar-refractivity contribution in [1.82, 2.24) is 4.98 Å². The molecule has 1 amide bonds. The summed E-state index contributed by atoms with van der Waals surface area (Å²) in [5.74, 6) is -0.432. The first-order valence-corrected chi connectivity index (χ1v) is 9.67. The second-order valence-electron chi connectivity index (χ2n) is 7.20. The number of rotatable bonds is 5. The number of nitro groups is 1. The molecule has 154 valence electrons. The molecule has 0 radical (unpaired) electrons. The van der Waals surface area contributed by atoms with Gasteiger partial charge in [0.1, 0.15) is 0 Å². The summed E-state index contributed by atoms with van der Waals surface area (Å²) in [4.78, 5) is 41.1. The van der Waals surface area contributed by atoms with Gasteiger partial charge in [0.15, 0.2) is 0 Å². The third-order valence-corrected chi connectivity index (χ3v) is 5.11. The molecule has 0 unspecified atom stereocenters. The number of hydrogen-bond donors (Lipinski definition) is 1. The number of amides is 1. The molecule has 31 heavy (non-hydrogen) atoms. The summed E-state index contributed by atoms with van der Waals surface area (Å²) < 4.78 is 0. The fourth-order valence-corrected chi connectivity index (χ4v) is 3.51. The average molecular weight is 413 g/mol. The lowest BCUT2D eigenvalue weighted by atomic mass is 10.1. The van der Waals surface area contributed by atoms with Gasteiger partial charge in [-0.05, 0) is 42.1 Å². The van der Waals surface area contributed by atoms with Crippen LogP contribution >= 0.6 is 0 Å². The fraction of sp³-hybridized carbons (Fsp3) is 0.0833. The summed E-state index contributed by atoms with van der Waals surface area (Å²) in [5.41, 5.74) is 2.43. The number of non-ortho nitro benzene ring substituents is 1. The Hall–Kier alpha value is -4.26. The highest BCUT2D eigenvalue weighted by Gasteiger charge is 2.21. The van der Waals surface area contributed by atoms with E-state index in [2.05, 4.69) is 4.98 Å². The number of hydrogen-bond acceptors (Lipinski definition) is 4. The highest BCUT2D eigenvalue weighted by molar-refractivity contribution is 6.06. The SMILES string of the molecule is Cc1cccc2cc(CN(C(=O)c3cccc([N+](=O)[O-])c3)c3ccccc3)c(=O)[nH]c12. The third-order valence-electron chi connectivity index (χ3n) is 5.11. The lowest BCUT2D eigenvalue weighted by Gasteiger charge is -2.23. The van der Waals surface area contributed by atoms with Crippen LogP contribution < -0.4 is 10.5 Å². The normalized spacial score (nSPS) is 10.7. The molecule has 0 aliphatic heterocycles. The Balaban J connectivity index is 1.78. The van der Waals surface area contributed by atoms with Gasteiger partial charge in [-0.2, -0.15) is 0 Å². The molecule has 7 nitrogen and oxygen atoms in total. The Morgan fingerprint density at radius 2 is 1.74 bits per heavy atom. The number of carbonyl (C=O) groups is 1. The van der Waals surface area contributed by atoms with Crippen molar-refractivity contribution in [2.45, 2.75) is 13.5 Å². The number of para-hydroxylation sites is 2. The number of anilines is 1. The predicted molar refractivity (Wildman–Crippen MR) is 119 cm³/mol. The zero-order valence-electron chi connectivity index (χ0n) is 16.7. The van der Waals surface area contributed by atoms with E-state index < -0.39 is 10.8 Å². The topological polar surface area (TPSA) is 96.3 Å². The molecule has 0 saturated heterocycles. The van der Waals surface area contributed by atoms with Crippen molar-refractivity contribution in [1.29, 1.82) is 0 Å². The fourth-order valence-electron chi connectivity index (χ4n) is 3.51. The number of benzene rings is 3. The van der Waals surface area contributed by atoms with E-state index >= 15 is 0 Å². The van der Waals surface area contributed by atoms with Gasteiger partial charge >= 0.3 is 0 Å². The molecule has 0 aliphatic carbocycles. The lowest BCUT2D eigenvalue weighted by Crippen LogP contribution is -2.33. The maximum atomic E-state index is 13.3. The van der Waals surface area contributed by atoms with E-state index in [-0.39, 0.29) is 23.4 Å². The Labute approximate surface area is 177 Å². The smallest absolute Gasteiger partial charge is 0.270 e. The number of carbonyl (C=O) groups excluding carboxylic acids is 1. The Bertz CT molecular complexity index is 1350. The summed E-state index contributed by atoms with van der Waals surface area (Å²) in [7, 11) is 0. The van der Waals surface area contributed by atoms with Gasteiger partial charge in [0.05, 0.1) is 17.0 Å². The number of aromatic amines is 1. The molecule has 7 heteroatoms. The summed E-state index contributed by atoms with van der Waals surface area (Å²) >= 11 is 0. The number of H-pyrrole nitrogens is 1. The summed E-state index contributed by atoms with van der Waals surface area (Å²) in [6, 6.07) is 22.0. The van der Waals surface area contributed by atoms with E-state index in [1.165, 1.54) is 29.2 Å². The molecule has 4 aromatic rings. The van der Waals surface area contributed by atoms with Gasteiger partial charge in [-0.3, -0.25) is 19.7 Å². The Kier molecular flexibility index (Phi) is 5.32. The van der Waals surface area contributed by atoms with E-state index in [4.69, 9.17) is 0 Å². The maximum absolute atomic E-state index is 13.3. The molecular formula is C24H19N3O4. The molecule has 0 aliphatic rings. The maximum Gasteiger partial charge on any atom is 0.270 e. The molecule has 1 aromatic heterocycles. The van der Waals surface area contributed by atoms with Crippen molar-refractivity contribution in [2.24, 2.45) is 0 Å². The first-order valence-electron chi connectivity index (χ1n) is 9.67. The highest BCUT2D eigenvalue weighted by atomic mass is 16.6. The number of pyridine rings is 1. The predicted octanol–water partition coefficient (Wildman–Crippen LogP) is 4.59. The zero-order valence-corrected chi connectivity index (χ0v) is 16.7. The van der Waals surface area contributed by atoms with Crippen LogP contribution in [0.1, 0.15) is 21.5 Å². The number of nitro benzene ring substituents is 1. The van der Waals surface area contributed by atoms with Crippen molar-refractivity contribution < 1.29 is 9.72 Å². The van der Waals surface area contributed by atoms with E-state index in [9.17, 15) is 19.7 Å². The first kappa shape index (κ1) is 20.0. The van der Waals surface area contributed by atoms with Crippen molar-refractivity contribution in [3.8, 4) is 0 Å². The van der Waals surface area contributed by atoms with Crippen LogP contribution in [0.3, 0.4) is 0 Å². The zero-order chi connectivity index (χ0) is 22.0. The van der Waals surface area contributed by atoms with Crippen molar-refractivity contribution in [3.63, 3.8) is 0 Å². The van der Waals surface area contributed by atoms with E-state index in [1.807, 2.05) is 31.2 Å². The molecule has 0 saturated carbocycles. The van der Waals surface area contributed by atoms with Crippen LogP contribution in [-0.2, 0) is 6.54 Å². The van der Waals surface area contributed by atoms with Crippen molar-refractivity contribution >= 4 is 28.2 Å². The highest BCUT2D eigenvalue weighted by Crippen LogP contribution is 2.23. The third kappa shape index (κ3) is 4.06. The first-order chi connectivity index (χ1) is 14.9. The molecule has 0 atom stereocenters. The molecule has 3 aromatic carbocycles. The minimum Gasteiger partial charge on any atom is -0.321 e. The van der Waals surface area contributed by atoms with E-state index in [0.717, 1.165) is 16.5 Å². The van der Waals surface area contributed by atoms with Crippen LogP contribution in [-0.4, -0.2) is 15.8 Å². The van der Waals surface area contributed by atoms with Crippen LogP contribution in [0.4, 0.5) is 11.4 Å². The summed E-state index contributed by atoms with van der Waals surface area (Å²) in [6.07, 6.45) is 0. The monoisotopic (exact) mass is 413 g/mol. The van der Waals surface area contributed by atoms with E-state index in [0.29, 0.717) is 11.3 Å². The summed E-state index contributed by atoms with van der Waals surface area (Å²) in [6.45, 7) is 1.94. The molecule has 0 fully saturated rings. The number of aryl methyl sites for hydroxylation is 1. The van der Waals surface area contributed by atoms with Crippen molar-refractivity contribution in [3.05, 3.63) is 116 Å². The van der Waals surface area contributed by atoms with Gasteiger partial charge in [-0.1, -0.05) is 42.5 Å². The number of fused-ring (bicyclic) bond motifs is 1. The van der Waals surface area contributed by atoms with Crippen LogP contribution in [0.5, 0.6) is 0 Å². The minimum atomic E-state index is -0.542. The number of nitrogens with zero attached hydrogens (tertiary/aromatic N) is 2. The van der Waals surface area contributed by atoms with Crippen LogP contribution in [0.25, 0.3) is 10.9 Å². The molecule has 4 rings (SSSR count). The Morgan fingerprint density at radius 1 is 1.00 bits per heavy atom. The van der Waals surface area contributed by atoms with Gasteiger partial charge in [0.2, 0.25) is 0 Å². The molecule has 1 heterocycles. The number of nitrogens with one attached hydrogen (secondary N) is 1. The number of aromatic nitrogens is 1. The minimum absolute atomic E-state index is 0.0186. The van der Waals surface area contributed by atoms with Gasteiger partial charge in [-0.25, -0.2) is 0 Å². The second kappa shape index (κ2) is 8.23. The molecule has 1 N–H and O–H groups in total. The molecular weight excluding hydrogens is 394 g/mol. The molecule has 0 spiro atoms. The average Bonchev–Trinajstić information content (AvgIpc) is 2.78. The lowest BCUT2D eigenvalue weighted by molar-refractivity contribution is -0.384. The largest absolute Gasteiger partial charge is 0.321 e. The Morgan fingerprint density at radius 3 is 2.48 bits per heavy atom. The van der Waals surface area contributed by atoms with Crippen molar-refractivity contribution in [2.75, 3.05) is 4.90 Å². The van der Waals surface area contributed by atoms with Gasteiger partial charge in [-0.15, -0.1) is 0 Å². The van der Waals surface area contributed by atoms with Gasteiger partial charge in [0, 0.05) is 28.9 Å². The van der Waals surface area contributed by atoms with Crippen LogP contribution in [0, 0.1) is 17.0 Å². The van der Waals surface area contributed by atoms with Gasteiger partial charge in [0.25, 0.3) is 17.2 Å². The van der Waals surface area contributed by atoms with Crippen LogP contribution in [0.2, 0.25) is 0 Å². The van der Waals surface area contributed by atoms with E-state index in [1.54, 1.807) is 30.3 Å². The molecule has 0 bridgehead atoms. The summed E-state index contributed by atoms with van der Waals surface area (Å²) in [5, 5.41) is 12.0. The quantitative estimate of drug-likeness (QED) is 0.382. The standard InChI is InChI=1S/C24H19N3O4/c1-16-7-5-8-17-13-19(23(28)25-22(16)17)15-26(20-10-3-2-4-11-20)24(29)18-9-6-12-21(14-18)27(30)31/h2-14H,15H2,1H3,(H,25,28). The second-order valence-corrected chi connectivity index (χ2v) is 7.20. The van der Waals surface area contributed by atoms with Gasteiger partial charge < -0.3 is 9.88 Å². The van der Waals surface area contributed by atoms with Crippen LogP contribution in [0.15, 0.2) is 83.7 Å².